The maximum absolute atomic E-state index is 12.6. The highest BCUT2D eigenvalue weighted by atomic mass is 16.5. The summed E-state index contributed by atoms with van der Waals surface area (Å²) in [5.41, 5.74) is 5.78. The summed E-state index contributed by atoms with van der Waals surface area (Å²) in [7, 11) is 0. The van der Waals surface area contributed by atoms with E-state index in [1.54, 1.807) is 12.1 Å². The maximum Gasteiger partial charge on any atom is 0.255 e. The molecule has 1 aliphatic heterocycles. The van der Waals surface area contributed by atoms with Crippen LogP contribution in [0.3, 0.4) is 0 Å². The van der Waals surface area contributed by atoms with Crippen molar-refractivity contribution in [2.24, 2.45) is 0 Å². The number of hydrogen-bond donors (Lipinski definition) is 1. The van der Waals surface area contributed by atoms with Crippen molar-refractivity contribution in [3.05, 3.63) is 59.4 Å². The van der Waals surface area contributed by atoms with Gasteiger partial charge in [0.1, 0.15) is 0 Å². The largest absolute Gasteiger partial charge is 0.378 e. The van der Waals surface area contributed by atoms with Gasteiger partial charge in [0.05, 0.1) is 35.6 Å². The third-order valence-electron chi connectivity index (χ3n) is 4.84. The molecule has 27 heavy (non-hydrogen) atoms. The number of nitrogens with one attached hydrogen (secondary N) is 1. The number of aromatic nitrogens is 2. The van der Waals surface area contributed by atoms with Crippen molar-refractivity contribution in [1.82, 2.24) is 9.97 Å². The lowest BCUT2D eigenvalue weighted by atomic mass is 10.1. The summed E-state index contributed by atoms with van der Waals surface area (Å²) in [6.07, 6.45) is 0. The van der Waals surface area contributed by atoms with Crippen molar-refractivity contribution in [3.8, 4) is 0 Å². The molecule has 1 fully saturated rings. The Kier molecular flexibility index (Phi) is 4.73. The van der Waals surface area contributed by atoms with Gasteiger partial charge in [-0.2, -0.15) is 0 Å². The lowest BCUT2D eigenvalue weighted by Gasteiger charge is -2.28. The first-order valence-corrected chi connectivity index (χ1v) is 9.09. The van der Waals surface area contributed by atoms with Gasteiger partial charge in [-0.3, -0.25) is 4.79 Å². The molecule has 6 heteroatoms. The maximum atomic E-state index is 12.6. The Bertz CT molecular complexity index is 979. The van der Waals surface area contributed by atoms with Gasteiger partial charge in [-0.25, -0.2) is 9.97 Å². The van der Waals surface area contributed by atoms with Gasteiger partial charge >= 0.3 is 0 Å². The van der Waals surface area contributed by atoms with E-state index in [1.165, 1.54) is 0 Å². The topological polar surface area (TPSA) is 67.4 Å². The van der Waals surface area contributed by atoms with E-state index in [9.17, 15) is 4.79 Å². The van der Waals surface area contributed by atoms with Gasteiger partial charge in [0.25, 0.3) is 5.91 Å². The first-order valence-electron chi connectivity index (χ1n) is 9.09. The molecular formula is C21H22N4O2. The summed E-state index contributed by atoms with van der Waals surface area (Å²) in [5.74, 6) is -0.156. The number of nitrogens with zero attached hydrogens (tertiary/aromatic N) is 3. The molecule has 0 aliphatic carbocycles. The van der Waals surface area contributed by atoms with Crippen LogP contribution in [-0.4, -0.2) is 42.2 Å². The Hall–Kier alpha value is -2.99. The van der Waals surface area contributed by atoms with E-state index in [1.807, 2.05) is 44.2 Å². The highest BCUT2D eigenvalue weighted by Gasteiger charge is 2.12. The first kappa shape index (κ1) is 17.4. The summed E-state index contributed by atoms with van der Waals surface area (Å²) in [6.45, 7) is 7.14. The number of benzene rings is 2. The molecule has 0 radical (unpaired) electrons. The number of amides is 1. The van der Waals surface area contributed by atoms with Crippen LogP contribution in [0, 0.1) is 13.8 Å². The summed E-state index contributed by atoms with van der Waals surface area (Å²) < 4.78 is 5.38. The number of rotatable bonds is 3. The predicted molar refractivity (Wildman–Crippen MR) is 106 cm³/mol. The molecule has 1 aromatic heterocycles. The van der Waals surface area contributed by atoms with Crippen molar-refractivity contribution >= 4 is 28.3 Å². The zero-order chi connectivity index (χ0) is 18.8. The van der Waals surface area contributed by atoms with Crippen LogP contribution in [0.4, 0.5) is 11.4 Å². The van der Waals surface area contributed by atoms with E-state index in [-0.39, 0.29) is 5.91 Å². The fourth-order valence-corrected chi connectivity index (χ4v) is 3.15. The van der Waals surface area contributed by atoms with E-state index in [0.717, 1.165) is 60.1 Å². The Balaban J connectivity index is 1.50. The third-order valence-corrected chi connectivity index (χ3v) is 4.84. The zero-order valence-corrected chi connectivity index (χ0v) is 15.5. The third kappa shape index (κ3) is 3.75. The highest BCUT2D eigenvalue weighted by molar-refractivity contribution is 6.05. The van der Waals surface area contributed by atoms with Crippen LogP contribution >= 0.6 is 0 Å². The Morgan fingerprint density at radius 1 is 0.963 bits per heavy atom. The summed E-state index contributed by atoms with van der Waals surface area (Å²) >= 11 is 0. The van der Waals surface area contributed by atoms with Crippen molar-refractivity contribution in [2.45, 2.75) is 13.8 Å². The fraction of sp³-hybridized carbons (Fsp3) is 0.286. The highest BCUT2D eigenvalue weighted by Crippen LogP contribution is 2.20. The molecule has 1 amide bonds. The number of carbonyl (C=O) groups excluding carboxylic acids is 1. The summed E-state index contributed by atoms with van der Waals surface area (Å²) in [6, 6.07) is 13.3. The van der Waals surface area contributed by atoms with Gasteiger partial charge in [0, 0.05) is 30.0 Å². The predicted octanol–water partition coefficient (Wildman–Crippen LogP) is 3.34. The van der Waals surface area contributed by atoms with Gasteiger partial charge in [0.15, 0.2) is 0 Å². The number of carbonyl (C=O) groups is 1. The van der Waals surface area contributed by atoms with Crippen molar-refractivity contribution in [1.29, 1.82) is 0 Å². The smallest absolute Gasteiger partial charge is 0.255 e. The minimum Gasteiger partial charge on any atom is -0.378 e. The molecule has 138 valence electrons. The molecule has 3 aromatic rings. The zero-order valence-electron chi connectivity index (χ0n) is 15.5. The first-order chi connectivity index (χ1) is 13.1. The van der Waals surface area contributed by atoms with Gasteiger partial charge in [-0.05, 0) is 56.3 Å². The summed E-state index contributed by atoms with van der Waals surface area (Å²) in [5, 5.41) is 2.95. The normalized spacial score (nSPS) is 14.4. The molecule has 0 atom stereocenters. The molecule has 0 unspecified atom stereocenters. The van der Waals surface area contributed by atoms with Crippen molar-refractivity contribution < 1.29 is 9.53 Å². The van der Waals surface area contributed by atoms with Crippen LogP contribution < -0.4 is 10.2 Å². The van der Waals surface area contributed by atoms with Crippen molar-refractivity contribution in [2.75, 3.05) is 36.5 Å². The van der Waals surface area contributed by atoms with Gasteiger partial charge in [0.2, 0.25) is 0 Å². The molecule has 6 nitrogen and oxygen atoms in total. The van der Waals surface area contributed by atoms with E-state index in [2.05, 4.69) is 20.2 Å². The van der Waals surface area contributed by atoms with Crippen LogP contribution in [0.2, 0.25) is 0 Å². The molecule has 2 aromatic carbocycles. The van der Waals surface area contributed by atoms with Crippen LogP contribution in [0.1, 0.15) is 21.7 Å². The standard InChI is InChI=1S/C21H22N4O2/c1-14-15(2)23-20-13-16(3-8-19(20)22-14)21(26)24-17-4-6-18(7-5-17)25-9-11-27-12-10-25/h3-8,13H,9-12H2,1-2H3,(H,24,26). The molecule has 0 bridgehead atoms. The Morgan fingerprint density at radius 2 is 1.63 bits per heavy atom. The molecule has 1 saturated heterocycles. The second-order valence-corrected chi connectivity index (χ2v) is 6.70. The van der Waals surface area contributed by atoms with Crippen LogP contribution in [0.5, 0.6) is 0 Å². The number of morpholine rings is 1. The van der Waals surface area contributed by atoms with Crippen LogP contribution in [0.15, 0.2) is 42.5 Å². The van der Waals surface area contributed by atoms with Gasteiger partial charge in [-0.15, -0.1) is 0 Å². The van der Waals surface area contributed by atoms with Crippen LogP contribution in [0.25, 0.3) is 11.0 Å². The molecule has 2 heterocycles. The van der Waals surface area contributed by atoms with E-state index in [0.29, 0.717) is 5.56 Å². The number of aryl methyl sites for hydroxylation is 2. The minimum absolute atomic E-state index is 0.156. The van der Waals surface area contributed by atoms with E-state index >= 15 is 0 Å². The fourth-order valence-electron chi connectivity index (χ4n) is 3.15. The molecule has 1 N–H and O–H groups in total. The number of hydrogen-bond acceptors (Lipinski definition) is 5. The van der Waals surface area contributed by atoms with Gasteiger partial charge in [-0.1, -0.05) is 0 Å². The van der Waals surface area contributed by atoms with E-state index in [4.69, 9.17) is 4.74 Å². The van der Waals surface area contributed by atoms with Crippen LogP contribution in [-0.2, 0) is 4.74 Å². The van der Waals surface area contributed by atoms with Crippen molar-refractivity contribution in [3.63, 3.8) is 0 Å². The average molecular weight is 362 g/mol. The van der Waals surface area contributed by atoms with E-state index < -0.39 is 0 Å². The molecule has 0 saturated carbocycles. The monoisotopic (exact) mass is 362 g/mol. The lowest BCUT2D eigenvalue weighted by Crippen LogP contribution is -2.36. The SMILES string of the molecule is Cc1nc2ccc(C(=O)Nc3ccc(N4CCOCC4)cc3)cc2nc1C. The molecular weight excluding hydrogens is 340 g/mol. The number of ether oxygens (including phenoxy) is 1. The molecule has 4 rings (SSSR count). The number of fused-ring (bicyclic) bond motifs is 1. The summed E-state index contributed by atoms with van der Waals surface area (Å²) in [4.78, 5) is 23.9. The Labute approximate surface area is 158 Å². The second-order valence-electron chi connectivity index (χ2n) is 6.70. The average Bonchev–Trinajstić information content (AvgIpc) is 2.70. The molecule has 0 spiro atoms. The molecule has 1 aliphatic rings. The Morgan fingerprint density at radius 3 is 2.33 bits per heavy atom. The van der Waals surface area contributed by atoms with Gasteiger partial charge < -0.3 is 15.0 Å². The number of anilines is 2. The second kappa shape index (κ2) is 7.32. The minimum atomic E-state index is -0.156. The lowest BCUT2D eigenvalue weighted by molar-refractivity contribution is 0.102. The quantitative estimate of drug-likeness (QED) is 0.774.